The van der Waals surface area contributed by atoms with Gasteiger partial charge in [0.1, 0.15) is 5.75 Å². The molecule has 0 radical (unpaired) electrons. The highest BCUT2D eigenvalue weighted by Crippen LogP contribution is 2.20. The molecule has 2 aromatic rings. The molecule has 2 rings (SSSR count). The van der Waals surface area contributed by atoms with E-state index in [-0.39, 0.29) is 0 Å². The van der Waals surface area contributed by atoms with Crippen LogP contribution in [-0.4, -0.2) is 29.1 Å². The number of aromatic nitrogens is 3. The molecule has 0 saturated carbocycles. The lowest BCUT2D eigenvalue weighted by atomic mass is 10.2. The van der Waals surface area contributed by atoms with Gasteiger partial charge in [0.25, 0.3) is 0 Å². The van der Waals surface area contributed by atoms with Gasteiger partial charge in [0.05, 0.1) is 19.0 Å². The Labute approximate surface area is 93.5 Å². The van der Waals surface area contributed by atoms with E-state index in [4.69, 9.17) is 4.74 Å². The minimum atomic E-state index is 0.584. The predicted molar refractivity (Wildman–Crippen MR) is 61.4 cm³/mol. The molecule has 5 nitrogen and oxygen atoms in total. The van der Waals surface area contributed by atoms with Gasteiger partial charge in [-0.1, -0.05) is 0 Å². The Morgan fingerprint density at radius 3 is 2.94 bits per heavy atom. The Kier molecular flexibility index (Phi) is 2.95. The van der Waals surface area contributed by atoms with Crippen molar-refractivity contribution in [3.63, 3.8) is 0 Å². The molecule has 0 aromatic carbocycles. The highest BCUT2D eigenvalue weighted by molar-refractivity contribution is 5.60. The summed E-state index contributed by atoms with van der Waals surface area (Å²) in [4.78, 5) is 12.5. The second kappa shape index (κ2) is 4.57. The monoisotopic (exact) mass is 216 g/mol. The number of methoxy groups -OCH3 is 1. The predicted octanol–water partition coefficient (Wildman–Crippen LogP) is 1.59. The molecule has 2 aromatic heterocycles. The van der Waals surface area contributed by atoms with Gasteiger partial charge in [-0.05, 0) is 12.1 Å². The molecule has 0 saturated heterocycles. The molecular formula is C11H12N4O. The number of ether oxygens (including phenoxy) is 1. The summed E-state index contributed by atoms with van der Waals surface area (Å²) in [5, 5.41) is 2.89. The van der Waals surface area contributed by atoms with Gasteiger partial charge in [-0.25, -0.2) is 9.97 Å². The van der Waals surface area contributed by atoms with E-state index in [1.54, 1.807) is 32.7 Å². The fraction of sp³-hybridized carbons (Fsp3) is 0.182. The SMILES string of the molecule is CNc1nccc(-c2cncc(OC)c2)n1. The number of hydrogen-bond acceptors (Lipinski definition) is 5. The van der Waals surface area contributed by atoms with Gasteiger partial charge in [-0.3, -0.25) is 4.98 Å². The molecule has 0 fully saturated rings. The third-order valence-corrected chi connectivity index (χ3v) is 2.12. The maximum Gasteiger partial charge on any atom is 0.222 e. The number of nitrogens with zero attached hydrogens (tertiary/aromatic N) is 3. The normalized spacial score (nSPS) is 9.88. The summed E-state index contributed by atoms with van der Waals surface area (Å²) in [6.45, 7) is 0. The highest BCUT2D eigenvalue weighted by atomic mass is 16.5. The number of hydrogen-bond donors (Lipinski definition) is 1. The van der Waals surface area contributed by atoms with E-state index in [2.05, 4.69) is 20.3 Å². The van der Waals surface area contributed by atoms with Crippen molar-refractivity contribution in [1.82, 2.24) is 15.0 Å². The first-order valence-corrected chi connectivity index (χ1v) is 4.83. The third kappa shape index (κ3) is 2.08. The fourth-order valence-electron chi connectivity index (χ4n) is 1.31. The third-order valence-electron chi connectivity index (χ3n) is 2.12. The van der Waals surface area contributed by atoms with Crippen LogP contribution in [0.25, 0.3) is 11.3 Å². The first-order chi connectivity index (χ1) is 7.83. The first-order valence-electron chi connectivity index (χ1n) is 4.83. The Balaban J connectivity index is 2.41. The van der Waals surface area contributed by atoms with Crippen molar-refractivity contribution < 1.29 is 4.74 Å². The van der Waals surface area contributed by atoms with Crippen molar-refractivity contribution >= 4 is 5.95 Å². The van der Waals surface area contributed by atoms with E-state index in [1.807, 2.05) is 12.1 Å². The number of pyridine rings is 1. The summed E-state index contributed by atoms with van der Waals surface area (Å²) in [5.41, 5.74) is 1.71. The lowest BCUT2D eigenvalue weighted by molar-refractivity contribution is 0.413. The summed E-state index contributed by atoms with van der Waals surface area (Å²) in [7, 11) is 3.39. The summed E-state index contributed by atoms with van der Waals surface area (Å²) in [6, 6.07) is 3.71. The Morgan fingerprint density at radius 2 is 2.19 bits per heavy atom. The Bertz CT molecular complexity index is 441. The van der Waals surface area contributed by atoms with E-state index < -0.39 is 0 Å². The second-order valence-electron chi connectivity index (χ2n) is 3.13. The van der Waals surface area contributed by atoms with Gasteiger partial charge >= 0.3 is 0 Å². The molecular weight excluding hydrogens is 204 g/mol. The van der Waals surface area contributed by atoms with Crippen molar-refractivity contribution in [3.05, 3.63) is 30.7 Å². The van der Waals surface area contributed by atoms with Crippen molar-refractivity contribution in [2.75, 3.05) is 19.5 Å². The second-order valence-corrected chi connectivity index (χ2v) is 3.13. The lowest BCUT2D eigenvalue weighted by Crippen LogP contribution is -1.97. The van der Waals surface area contributed by atoms with Gasteiger partial charge in [-0.2, -0.15) is 0 Å². The molecule has 2 heterocycles. The quantitative estimate of drug-likeness (QED) is 0.844. The summed E-state index contributed by atoms with van der Waals surface area (Å²) < 4.78 is 5.11. The van der Waals surface area contributed by atoms with Crippen LogP contribution in [0.15, 0.2) is 30.7 Å². The van der Waals surface area contributed by atoms with Crippen LogP contribution in [0, 0.1) is 0 Å². The van der Waals surface area contributed by atoms with E-state index in [0.717, 1.165) is 11.3 Å². The van der Waals surface area contributed by atoms with Crippen LogP contribution in [-0.2, 0) is 0 Å². The van der Waals surface area contributed by atoms with E-state index in [9.17, 15) is 0 Å². The molecule has 0 spiro atoms. The Hall–Kier alpha value is -2.17. The van der Waals surface area contributed by atoms with Gasteiger partial charge in [0.2, 0.25) is 5.95 Å². The van der Waals surface area contributed by atoms with E-state index in [1.165, 1.54) is 0 Å². The largest absolute Gasteiger partial charge is 0.495 e. The van der Waals surface area contributed by atoms with Gasteiger partial charge in [0.15, 0.2) is 0 Å². The maximum absolute atomic E-state index is 5.11. The average Bonchev–Trinajstić information content (AvgIpc) is 2.39. The topological polar surface area (TPSA) is 59.9 Å². The van der Waals surface area contributed by atoms with Crippen molar-refractivity contribution in [2.45, 2.75) is 0 Å². The molecule has 16 heavy (non-hydrogen) atoms. The number of nitrogens with one attached hydrogen (secondary N) is 1. The minimum Gasteiger partial charge on any atom is -0.495 e. The molecule has 0 aliphatic rings. The van der Waals surface area contributed by atoms with Crippen LogP contribution in [0.5, 0.6) is 5.75 Å². The van der Waals surface area contributed by atoms with Crippen LogP contribution in [0.2, 0.25) is 0 Å². The highest BCUT2D eigenvalue weighted by Gasteiger charge is 2.03. The Morgan fingerprint density at radius 1 is 1.31 bits per heavy atom. The van der Waals surface area contributed by atoms with Crippen molar-refractivity contribution in [2.24, 2.45) is 0 Å². The molecule has 0 aliphatic heterocycles. The van der Waals surface area contributed by atoms with E-state index in [0.29, 0.717) is 11.7 Å². The van der Waals surface area contributed by atoms with Gasteiger partial charge in [-0.15, -0.1) is 0 Å². The lowest BCUT2D eigenvalue weighted by Gasteiger charge is -2.04. The molecule has 0 unspecified atom stereocenters. The molecule has 1 N–H and O–H groups in total. The van der Waals surface area contributed by atoms with Crippen LogP contribution in [0.4, 0.5) is 5.95 Å². The van der Waals surface area contributed by atoms with Gasteiger partial charge in [0, 0.05) is 25.0 Å². The van der Waals surface area contributed by atoms with E-state index >= 15 is 0 Å². The van der Waals surface area contributed by atoms with Crippen molar-refractivity contribution in [1.29, 1.82) is 0 Å². The van der Waals surface area contributed by atoms with Crippen LogP contribution >= 0.6 is 0 Å². The standard InChI is InChI=1S/C11H12N4O/c1-12-11-14-4-3-10(15-11)8-5-9(16-2)7-13-6-8/h3-7H,1-2H3,(H,12,14,15). The zero-order valence-corrected chi connectivity index (χ0v) is 9.14. The molecule has 0 aliphatic carbocycles. The zero-order valence-electron chi connectivity index (χ0n) is 9.14. The molecule has 0 bridgehead atoms. The number of rotatable bonds is 3. The van der Waals surface area contributed by atoms with Gasteiger partial charge < -0.3 is 10.1 Å². The van der Waals surface area contributed by atoms with Crippen LogP contribution in [0.1, 0.15) is 0 Å². The summed E-state index contributed by atoms with van der Waals surface area (Å²) in [5.74, 6) is 1.29. The smallest absolute Gasteiger partial charge is 0.222 e. The molecule has 0 amide bonds. The summed E-state index contributed by atoms with van der Waals surface area (Å²) in [6.07, 6.45) is 5.10. The van der Waals surface area contributed by atoms with Crippen molar-refractivity contribution in [3.8, 4) is 17.0 Å². The average molecular weight is 216 g/mol. The summed E-state index contributed by atoms with van der Waals surface area (Å²) >= 11 is 0. The minimum absolute atomic E-state index is 0.584. The fourth-order valence-corrected chi connectivity index (χ4v) is 1.31. The van der Waals surface area contributed by atoms with Crippen LogP contribution < -0.4 is 10.1 Å². The first kappa shape index (κ1) is 10.4. The molecule has 5 heteroatoms. The van der Waals surface area contributed by atoms with Crippen LogP contribution in [0.3, 0.4) is 0 Å². The number of anilines is 1. The molecule has 0 atom stereocenters. The maximum atomic E-state index is 5.11. The molecule has 82 valence electrons. The zero-order chi connectivity index (χ0) is 11.4.